The quantitative estimate of drug-likeness (QED) is 0.422. The highest BCUT2D eigenvalue weighted by molar-refractivity contribution is 7.99. The molecule has 1 N–H and O–H groups in total. The summed E-state index contributed by atoms with van der Waals surface area (Å²) in [6.45, 7) is 5.34. The number of hydrogen-bond donors (Lipinski definition) is 1. The molecule has 2 atom stereocenters. The molecular formula is C22H27FN4S2. The Bertz CT molecular complexity index is 944. The molecule has 0 aliphatic carbocycles. The number of anilines is 1. The Kier molecular flexibility index (Phi) is 6.67. The number of aryl methyl sites for hydroxylation is 1. The van der Waals surface area contributed by atoms with Crippen molar-refractivity contribution in [3.05, 3.63) is 47.4 Å². The van der Waals surface area contributed by atoms with Crippen molar-refractivity contribution in [2.24, 2.45) is 5.92 Å². The van der Waals surface area contributed by atoms with E-state index in [1.807, 2.05) is 12.1 Å². The van der Waals surface area contributed by atoms with Gasteiger partial charge in [0.25, 0.3) is 0 Å². The molecule has 2 aromatic heterocycles. The average molecular weight is 431 g/mol. The molecule has 1 aromatic carbocycles. The summed E-state index contributed by atoms with van der Waals surface area (Å²) in [6, 6.07) is 7.38. The smallest absolute Gasteiger partial charge is 0.150 e. The first-order valence-corrected chi connectivity index (χ1v) is 12.2. The minimum absolute atomic E-state index is 0.166. The van der Waals surface area contributed by atoms with E-state index >= 15 is 0 Å². The highest BCUT2D eigenvalue weighted by Crippen LogP contribution is 2.36. The maximum atomic E-state index is 13.0. The Hall–Kier alpha value is -1.70. The third-order valence-corrected chi connectivity index (χ3v) is 7.55. The van der Waals surface area contributed by atoms with Crippen LogP contribution in [0, 0.1) is 11.7 Å². The van der Waals surface area contributed by atoms with E-state index in [-0.39, 0.29) is 5.82 Å². The molecule has 4 nitrogen and oxygen atoms in total. The lowest BCUT2D eigenvalue weighted by molar-refractivity contribution is 0.320. The van der Waals surface area contributed by atoms with Gasteiger partial charge in [0.15, 0.2) is 0 Å². The van der Waals surface area contributed by atoms with Gasteiger partial charge in [0.05, 0.1) is 4.70 Å². The van der Waals surface area contributed by atoms with Crippen LogP contribution in [-0.4, -0.2) is 41.9 Å². The fourth-order valence-corrected chi connectivity index (χ4v) is 5.90. The number of thiophene rings is 1. The fraction of sp³-hybridized carbons (Fsp3) is 0.455. The molecule has 0 radical (unpaired) electrons. The van der Waals surface area contributed by atoms with Crippen molar-refractivity contribution in [1.82, 2.24) is 15.3 Å². The van der Waals surface area contributed by atoms with Gasteiger partial charge in [-0.15, -0.1) is 23.1 Å². The zero-order valence-corrected chi connectivity index (χ0v) is 18.5. The molecule has 0 bridgehead atoms. The molecule has 3 aromatic rings. The number of rotatable bonds is 7. The Morgan fingerprint density at radius 2 is 2.10 bits per heavy atom. The maximum Gasteiger partial charge on any atom is 0.150 e. The summed E-state index contributed by atoms with van der Waals surface area (Å²) < 4.78 is 14.2. The average Bonchev–Trinajstić information content (AvgIpc) is 3.17. The predicted molar refractivity (Wildman–Crippen MR) is 122 cm³/mol. The van der Waals surface area contributed by atoms with E-state index in [0.29, 0.717) is 12.0 Å². The summed E-state index contributed by atoms with van der Waals surface area (Å²) in [4.78, 5) is 12.8. The molecule has 2 unspecified atom stereocenters. The Morgan fingerprint density at radius 3 is 2.86 bits per heavy atom. The van der Waals surface area contributed by atoms with E-state index in [1.54, 1.807) is 41.6 Å². The topological polar surface area (TPSA) is 41.0 Å². The SMILES string of the molecule is CSc1csc2c(N3CCC(NCCCc4ccc(F)cc4)C(C)C3)ncnc12. The van der Waals surface area contributed by atoms with Gasteiger partial charge < -0.3 is 10.2 Å². The van der Waals surface area contributed by atoms with Gasteiger partial charge in [0, 0.05) is 29.4 Å². The molecule has 0 spiro atoms. The van der Waals surface area contributed by atoms with Crippen molar-refractivity contribution in [3.8, 4) is 0 Å². The zero-order chi connectivity index (χ0) is 20.2. The summed E-state index contributed by atoms with van der Waals surface area (Å²) in [7, 11) is 0. The molecule has 7 heteroatoms. The standard InChI is InChI=1S/C22H27FN4S2/c1-15-12-27(22-21-20(25-14-26-22)19(28-2)13-29-21)11-9-18(15)24-10-3-4-16-5-7-17(23)8-6-16/h5-8,13-15,18,24H,3-4,9-12H2,1-2H3. The van der Waals surface area contributed by atoms with Gasteiger partial charge in [-0.05, 0) is 55.7 Å². The van der Waals surface area contributed by atoms with E-state index in [9.17, 15) is 4.39 Å². The van der Waals surface area contributed by atoms with Crippen LogP contribution in [0.25, 0.3) is 10.2 Å². The van der Waals surface area contributed by atoms with Crippen LogP contribution in [0.3, 0.4) is 0 Å². The van der Waals surface area contributed by atoms with Gasteiger partial charge >= 0.3 is 0 Å². The Morgan fingerprint density at radius 1 is 1.28 bits per heavy atom. The van der Waals surface area contributed by atoms with Crippen LogP contribution >= 0.6 is 23.1 Å². The number of nitrogens with zero attached hydrogens (tertiary/aromatic N) is 3. The lowest BCUT2D eigenvalue weighted by Crippen LogP contribution is -2.48. The van der Waals surface area contributed by atoms with Crippen LogP contribution in [-0.2, 0) is 6.42 Å². The van der Waals surface area contributed by atoms with Crippen LogP contribution in [0.1, 0.15) is 25.3 Å². The predicted octanol–water partition coefficient (Wildman–Crippen LogP) is 4.99. The van der Waals surface area contributed by atoms with E-state index in [4.69, 9.17) is 0 Å². The lowest BCUT2D eigenvalue weighted by atomic mass is 9.93. The van der Waals surface area contributed by atoms with Crippen molar-refractivity contribution >= 4 is 39.1 Å². The van der Waals surface area contributed by atoms with Crippen molar-refractivity contribution in [2.45, 2.75) is 37.1 Å². The van der Waals surface area contributed by atoms with Crippen LogP contribution in [0.2, 0.25) is 0 Å². The highest BCUT2D eigenvalue weighted by atomic mass is 32.2. The molecule has 29 heavy (non-hydrogen) atoms. The van der Waals surface area contributed by atoms with Crippen molar-refractivity contribution in [3.63, 3.8) is 0 Å². The van der Waals surface area contributed by atoms with Gasteiger partial charge in [0.1, 0.15) is 23.5 Å². The van der Waals surface area contributed by atoms with Gasteiger partial charge in [-0.2, -0.15) is 0 Å². The first kappa shape index (κ1) is 20.6. The number of piperidine rings is 1. The second-order valence-corrected chi connectivity index (χ2v) is 9.41. The number of benzene rings is 1. The molecule has 4 rings (SSSR count). The summed E-state index contributed by atoms with van der Waals surface area (Å²) in [5.74, 6) is 1.47. The molecular weight excluding hydrogens is 403 g/mol. The number of aromatic nitrogens is 2. The minimum Gasteiger partial charge on any atom is -0.355 e. The monoisotopic (exact) mass is 430 g/mol. The van der Waals surface area contributed by atoms with Crippen LogP contribution in [0.15, 0.2) is 40.9 Å². The molecule has 1 aliphatic rings. The second-order valence-electron chi connectivity index (χ2n) is 7.68. The largest absolute Gasteiger partial charge is 0.355 e. The van der Waals surface area contributed by atoms with Gasteiger partial charge in [0.2, 0.25) is 0 Å². The van der Waals surface area contributed by atoms with Crippen LogP contribution in [0.4, 0.5) is 10.2 Å². The van der Waals surface area contributed by atoms with Gasteiger partial charge in [-0.25, -0.2) is 14.4 Å². The molecule has 0 amide bonds. The number of thioether (sulfide) groups is 1. The molecule has 154 valence electrons. The van der Waals surface area contributed by atoms with Crippen LogP contribution in [0.5, 0.6) is 0 Å². The molecule has 1 saturated heterocycles. The number of hydrogen-bond acceptors (Lipinski definition) is 6. The summed E-state index contributed by atoms with van der Waals surface area (Å²) in [6.07, 6.45) is 6.96. The van der Waals surface area contributed by atoms with E-state index < -0.39 is 0 Å². The fourth-order valence-electron chi connectivity index (χ4n) is 4.06. The van der Waals surface area contributed by atoms with E-state index in [2.05, 4.69) is 38.7 Å². The summed E-state index contributed by atoms with van der Waals surface area (Å²) >= 11 is 3.49. The second kappa shape index (κ2) is 9.41. The maximum absolute atomic E-state index is 13.0. The van der Waals surface area contributed by atoms with Crippen molar-refractivity contribution in [2.75, 3.05) is 30.8 Å². The third-order valence-electron chi connectivity index (χ3n) is 5.69. The van der Waals surface area contributed by atoms with Gasteiger partial charge in [-0.3, -0.25) is 0 Å². The molecule has 3 heterocycles. The van der Waals surface area contributed by atoms with Crippen LogP contribution < -0.4 is 10.2 Å². The molecule has 1 aliphatic heterocycles. The van der Waals surface area contributed by atoms with E-state index in [1.165, 1.54) is 15.2 Å². The lowest BCUT2D eigenvalue weighted by Gasteiger charge is -2.38. The first-order valence-electron chi connectivity index (χ1n) is 10.1. The normalized spacial score (nSPS) is 19.8. The number of halogens is 1. The minimum atomic E-state index is -0.166. The summed E-state index contributed by atoms with van der Waals surface area (Å²) in [5.41, 5.74) is 2.28. The van der Waals surface area contributed by atoms with Crippen molar-refractivity contribution < 1.29 is 4.39 Å². The molecule has 0 saturated carbocycles. The van der Waals surface area contributed by atoms with E-state index in [0.717, 1.165) is 50.2 Å². The molecule has 1 fully saturated rings. The van der Waals surface area contributed by atoms with Crippen molar-refractivity contribution in [1.29, 1.82) is 0 Å². The number of nitrogens with one attached hydrogen (secondary N) is 1. The first-order chi connectivity index (χ1) is 14.2. The summed E-state index contributed by atoms with van der Waals surface area (Å²) in [5, 5.41) is 5.93. The highest BCUT2D eigenvalue weighted by Gasteiger charge is 2.27. The number of fused-ring (bicyclic) bond motifs is 1. The van der Waals surface area contributed by atoms with Gasteiger partial charge in [-0.1, -0.05) is 19.1 Å². The zero-order valence-electron chi connectivity index (χ0n) is 16.9. The Balaban J connectivity index is 1.30. The third kappa shape index (κ3) is 4.73. The Labute approximate surface area is 179 Å².